The van der Waals surface area contributed by atoms with Crippen LogP contribution in [0.1, 0.15) is 32.5 Å². The zero-order chi connectivity index (χ0) is 29.0. The molecule has 0 aliphatic carbocycles. The summed E-state index contributed by atoms with van der Waals surface area (Å²) in [4.78, 5) is 38.5. The molecule has 40 heavy (non-hydrogen) atoms. The van der Waals surface area contributed by atoms with Crippen LogP contribution in [0.25, 0.3) is 0 Å². The molecule has 0 spiro atoms. The molecule has 2 heterocycles. The molecule has 0 saturated carbocycles. The second-order valence-corrected chi connectivity index (χ2v) is 9.32. The number of nitrogen functional groups attached to an aromatic ring is 1. The van der Waals surface area contributed by atoms with Crippen molar-refractivity contribution in [2.45, 2.75) is 6.10 Å². The number of nitrogens with two attached hydrogens (primary N) is 1. The molecule has 1 unspecified atom stereocenters. The molecule has 204 valence electrons. The number of nitrogens with one attached hydrogen (secondary N) is 2. The number of piperazine rings is 1. The summed E-state index contributed by atoms with van der Waals surface area (Å²) < 4.78 is 31.5. The van der Waals surface area contributed by atoms with Gasteiger partial charge in [0.05, 0.1) is 6.54 Å². The Balaban J connectivity index is 1.52. The van der Waals surface area contributed by atoms with E-state index in [1.807, 2.05) is 0 Å². The maximum atomic E-state index is 14.2. The Morgan fingerprint density at radius 3 is 2.60 bits per heavy atom. The summed E-state index contributed by atoms with van der Waals surface area (Å²) in [6.45, 7) is 4.35. The Hall–Kier alpha value is -4.36. The third-order valence-electron chi connectivity index (χ3n) is 5.81. The zero-order valence-corrected chi connectivity index (χ0v) is 22.1. The van der Waals surface area contributed by atoms with E-state index >= 15 is 0 Å². The van der Waals surface area contributed by atoms with Gasteiger partial charge >= 0.3 is 187 Å². The number of rotatable bonds is 8. The van der Waals surface area contributed by atoms with E-state index in [1.165, 1.54) is 41.3 Å². The molecule has 2 aromatic carbocycles. The number of hydrogen-bond acceptors (Lipinski definition) is 8. The number of hydrogen-bond donors (Lipinski definition) is 3. The summed E-state index contributed by atoms with van der Waals surface area (Å²) >= 11 is 12.3. The van der Waals surface area contributed by atoms with E-state index in [4.69, 9.17) is 33.7 Å². The molecule has 1 fully saturated rings. The van der Waals surface area contributed by atoms with Crippen LogP contribution in [0.15, 0.2) is 54.5 Å². The molecule has 11 nitrogen and oxygen atoms in total. The molecule has 1 saturated heterocycles. The van der Waals surface area contributed by atoms with Crippen molar-refractivity contribution in [3.05, 3.63) is 87.2 Å². The zero-order valence-electron chi connectivity index (χ0n) is 20.6. The van der Waals surface area contributed by atoms with Crippen molar-refractivity contribution < 1.29 is 28.2 Å². The van der Waals surface area contributed by atoms with Crippen molar-refractivity contribution in [2.24, 2.45) is 0 Å². The molecule has 15 heteroatoms. The minimum atomic E-state index is -1.35. The quantitative estimate of drug-likeness (QED) is 0.269. The van der Waals surface area contributed by atoms with E-state index in [0.29, 0.717) is 31.5 Å². The second-order valence-electron chi connectivity index (χ2n) is 8.53. The van der Waals surface area contributed by atoms with Gasteiger partial charge in [0.25, 0.3) is 5.91 Å². The Bertz CT molecular complexity index is 1520. The molecular weight excluding hydrogens is 565 g/mol. The fourth-order valence-corrected chi connectivity index (χ4v) is 4.34. The average molecular weight is 585 g/mol. The first kappa shape index (κ1) is 28.6. The van der Waals surface area contributed by atoms with E-state index in [9.17, 15) is 23.5 Å². The molecule has 3 aromatic rings. The number of nitrogens with zero attached hydrogens (tertiary/aromatic N) is 3. The Morgan fingerprint density at radius 1 is 1.20 bits per heavy atom. The molecule has 1 aromatic heterocycles. The predicted molar refractivity (Wildman–Crippen MR) is 145 cm³/mol. The van der Waals surface area contributed by atoms with Gasteiger partial charge in [-0.2, -0.15) is 0 Å². The van der Waals surface area contributed by atoms with Gasteiger partial charge in [-0.1, -0.05) is 0 Å². The summed E-state index contributed by atoms with van der Waals surface area (Å²) in [5.74, 6) is -2.46. The SMILES string of the molecule is C=C(B=O)C(Oc1cc(C(=O)Nc2ccc(C(=O)N3CCNC(=O)C3)cc2)nnc1N)c1c(Cl)ccc(F)c1Cl. The van der Waals surface area contributed by atoms with Crippen molar-refractivity contribution in [3.63, 3.8) is 0 Å². The van der Waals surface area contributed by atoms with Crippen LogP contribution < -0.4 is 21.1 Å². The summed E-state index contributed by atoms with van der Waals surface area (Å²) in [6, 6.07) is 9.50. The van der Waals surface area contributed by atoms with Gasteiger partial charge < -0.3 is 10.2 Å². The number of carbonyl (C=O) groups is 3. The molecule has 0 bridgehead atoms. The van der Waals surface area contributed by atoms with Gasteiger partial charge in [0.15, 0.2) is 0 Å². The molecule has 4 rings (SSSR count). The van der Waals surface area contributed by atoms with Crippen LogP contribution in [0.2, 0.25) is 10.0 Å². The maximum absolute atomic E-state index is 14.2. The summed E-state index contributed by atoms with van der Waals surface area (Å²) in [5.41, 5.74) is 6.12. The van der Waals surface area contributed by atoms with Gasteiger partial charge in [0.2, 0.25) is 5.91 Å². The van der Waals surface area contributed by atoms with Gasteiger partial charge in [-0.15, -0.1) is 0 Å². The van der Waals surface area contributed by atoms with Crippen LogP contribution >= 0.6 is 23.2 Å². The fourth-order valence-electron chi connectivity index (χ4n) is 3.77. The summed E-state index contributed by atoms with van der Waals surface area (Å²) in [6.07, 6.45) is -1.35. The number of ether oxygens (including phenoxy) is 1. The first-order valence-electron chi connectivity index (χ1n) is 11.6. The Kier molecular flexibility index (Phi) is 8.75. The topological polar surface area (TPSA) is 157 Å². The van der Waals surface area contributed by atoms with Gasteiger partial charge in [0, 0.05) is 13.1 Å². The summed E-state index contributed by atoms with van der Waals surface area (Å²) in [5, 5.41) is 12.4. The van der Waals surface area contributed by atoms with Crippen molar-refractivity contribution in [1.29, 1.82) is 0 Å². The van der Waals surface area contributed by atoms with E-state index in [-0.39, 0.29) is 56.7 Å². The first-order valence-corrected chi connectivity index (χ1v) is 12.4. The number of carbonyl (C=O) groups excluding carboxylic acids is 3. The normalized spacial score (nSPS) is 13.6. The van der Waals surface area contributed by atoms with Gasteiger partial charge in [-0.05, 0) is 0 Å². The third-order valence-corrected chi connectivity index (χ3v) is 6.52. The Morgan fingerprint density at radius 2 is 1.93 bits per heavy atom. The number of benzene rings is 2. The number of halogens is 3. The van der Waals surface area contributed by atoms with Crippen LogP contribution in [-0.2, 0) is 9.50 Å². The minimum absolute atomic E-state index is 0.00318. The standard InChI is InChI=1S/C25H20BCl2FN6O5/c1-12(26-39)22(20-15(27)6-7-16(29)21(20)28)40-18-10-17(33-34-23(18)30)24(37)32-14-4-2-13(3-5-14)25(38)35-9-8-31-19(36)11-35/h2-7,10,22H,1,8-9,11H2,(H2,30,34)(H,31,36)(H,32,37). The average Bonchev–Trinajstić information content (AvgIpc) is 2.95. The number of amides is 3. The van der Waals surface area contributed by atoms with Crippen LogP contribution in [0.5, 0.6) is 5.75 Å². The van der Waals surface area contributed by atoms with Crippen LogP contribution in [-0.4, -0.2) is 59.6 Å². The monoisotopic (exact) mass is 584 g/mol. The van der Waals surface area contributed by atoms with E-state index < -0.39 is 17.8 Å². The molecule has 4 N–H and O–H groups in total. The molecule has 1 aliphatic heterocycles. The third kappa shape index (κ3) is 6.27. The fraction of sp³-hybridized carbons (Fsp3) is 0.160. The predicted octanol–water partition coefficient (Wildman–Crippen LogP) is 3.01. The number of anilines is 2. The van der Waals surface area contributed by atoms with Gasteiger partial charge in [-0.3, -0.25) is 9.59 Å². The number of aromatic nitrogens is 2. The van der Waals surface area contributed by atoms with Crippen molar-refractivity contribution in [3.8, 4) is 5.75 Å². The van der Waals surface area contributed by atoms with Gasteiger partial charge in [0.1, 0.15) is 0 Å². The van der Waals surface area contributed by atoms with E-state index in [0.717, 1.165) is 6.07 Å². The molecule has 1 atom stereocenters. The first-order chi connectivity index (χ1) is 19.1. The van der Waals surface area contributed by atoms with E-state index in [2.05, 4.69) is 27.4 Å². The molecule has 0 radical (unpaired) electrons. The van der Waals surface area contributed by atoms with Crippen LogP contribution in [0, 0.1) is 5.82 Å². The van der Waals surface area contributed by atoms with Crippen molar-refractivity contribution in [1.82, 2.24) is 20.4 Å². The molecule has 3 amide bonds. The van der Waals surface area contributed by atoms with Crippen LogP contribution in [0.3, 0.4) is 0 Å². The van der Waals surface area contributed by atoms with Crippen LogP contribution in [0.4, 0.5) is 15.9 Å². The second kappa shape index (κ2) is 12.2. The van der Waals surface area contributed by atoms with Crippen molar-refractivity contribution >= 4 is 59.6 Å². The van der Waals surface area contributed by atoms with Crippen molar-refractivity contribution in [2.75, 3.05) is 30.7 Å². The Labute approximate surface area is 237 Å². The molecular formula is C25H20BCl2FN6O5. The van der Waals surface area contributed by atoms with E-state index in [1.54, 1.807) is 0 Å². The van der Waals surface area contributed by atoms with Gasteiger partial charge in [-0.25, -0.2) is 0 Å². The molecule has 1 aliphatic rings. The summed E-state index contributed by atoms with van der Waals surface area (Å²) in [7, 11) is 0.384.